The summed E-state index contributed by atoms with van der Waals surface area (Å²) >= 11 is 0. The second-order valence-corrected chi connectivity index (χ2v) is 8.53. The number of anilines is 2. The zero-order valence-corrected chi connectivity index (χ0v) is 17.0. The highest BCUT2D eigenvalue weighted by Crippen LogP contribution is 2.52. The monoisotopic (exact) mass is 397 g/mol. The first kappa shape index (κ1) is 19.6. The normalized spacial score (nSPS) is 29.4. The Morgan fingerprint density at radius 2 is 2.00 bits per heavy atom. The summed E-state index contributed by atoms with van der Waals surface area (Å²) in [7, 11) is 0. The molecule has 7 nitrogen and oxygen atoms in total. The van der Waals surface area contributed by atoms with E-state index in [0.29, 0.717) is 24.7 Å². The molecule has 154 valence electrons. The summed E-state index contributed by atoms with van der Waals surface area (Å²) in [6.07, 6.45) is 4.42. The van der Waals surface area contributed by atoms with Crippen LogP contribution in [0, 0.1) is 17.8 Å². The van der Waals surface area contributed by atoms with Crippen molar-refractivity contribution >= 4 is 29.1 Å². The smallest absolute Gasteiger partial charge is 0.234 e. The van der Waals surface area contributed by atoms with Gasteiger partial charge in [0.1, 0.15) is 5.60 Å². The van der Waals surface area contributed by atoms with Gasteiger partial charge in [-0.25, -0.2) is 0 Å². The molecule has 3 aliphatic rings. The van der Waals surface area contributed by atoms with E-state index in [1.165, 1.54) is 6.92 Å². The van der Waals surface area contributed by atoms with Crippen molar-refractivity contribution in [3.8, 4) is 0 Å². The van der Waals surface area contributed by atoms with E-state index in [2.05, 4.69) is 24.5 Å². The SMILES string of the molecule is CC(=O)Nc1ccc(N2C[C@@]34C=C[C@@H](O3)[C@@H](C(=O)NCCC(C)C)[C@@H]4C2=O)cc1. The summed E-state index contributed by atoms with van der Waals surface area (Å²) in [6.45, 7) is 6.66. The van der Waals surface area contributed by atoms with Gasteiger partial charge in [0.15, 0.2) is 0 Å². The molecule has 2 saturated heterocycles. The number of nitrogens with one attached hydrogen (secondary N) is 2. The Hall–Kier alpha value is -2.67. The lowest BCUT2D eigenvalue weighted by molar-refractivity contribution is -0.131. The molecule has 0 aliphatic carbocycles. The first-order valence-corrected chi connectivity index (χ1v) is 10.1. The molecular formula is C22H27N3O4. The molecule has 0 radical (unpaired) electrons. The van der Waals surface area contributed by atoms with Crippen molar-refractivity contribution in [1.82, 2.24) is 5.32 Å². The van der Waals surface area contributed by atoms with Gasteiger partial charge in [-0.05, 0) is 36.6 Å². The number of carbonyl (C=O) groups is 3. The van der Waals surface area contributed by atoms with E-state index >= 15 is 0 Å². The molecule has 1 aromatic carbocycles. The van der Waals surface area contributed by atoms with Crippen LogP contribution in [0.3, 0.4) is 0 Å². The third-order valence-electron chi connectivity index (χ3n) is 5.92. The zero-order valence-electron chi connectivity index (χ0n) is 17.0. The molecule has 4 rings (SSSR count). The van der Waals surface area contributed by atoms with E-state index in [-0.39, 0.29) is 23.8 Å². The average Bonchev–Trinajstić information content (AvgIpc) is 3.30. The van der Waals surface area contributed by atoms with Gasteiger partial charge < -0.3 is 20.3 Å². The first-order valence-electron chi connectivity index (χ1n) is 10.1. The number of fused-ring (bicyclic) bond motifs is 1. The minimum absolute atomic E-state index is 0.0897. The van der Waals surface area contributed by atoms with Crippen molar-refractivity contribution < 1.29 is 19.1 Å². The van der Waals surface area contributed by atoms with Gasteiger partial charge in [-0.2, -0.15) is 0 Å². The molecule has 0 unspecified atom stereocenters. The number of hydrogen-bond acceptors (Lipinski definition) is 4. The largest absolute Gasteiger partial charge is 0.360 e. The summed E-state index contributed by atoms with van der Waals surface area (Å²) in [6, 6.07) is 7.13. The van der Waals surface area contributed by atoms with Gasteiger partial charge >= 0.3 is 0 Å². The van der Waals surface area contributed by atoms with E-state index in [1.807, 2.05) is 12.2 Å². The third-order valence-corrected chi connectivity index (χ3v) is 5.92. The van der Waals surface area contributed by atoms with Crippen LogP contribution in [-0.2, 0) is 19.1 Å². The number of ether oxygens (including phenoxy) is 1. The van der Waals surface area contributed by atoms with Crippen molar-refractivity contribution in [3.05, 3.63) is 36.4 Å². The van der Waals surface area contributed by atoms with Crippen LogP contribution in [0.5, 0.6) is 0 Å². The molecular weight excluding hydrogens is 370 g/mol. The molecule has 2 N–H and O–H groups in total. The maximum Gasteiger partial charge on any atom is 0.234 e. The summed E-state index contributed by atoms with van der Waals surface area (Å²) in [5, 5.41) is 5.70. The molecule has 2 fully saturated rings. The minimum Gasteiger partial charge on any atom is -0.360 e. The van der Waals surface area contributed by atoms with Crippen molar-refractivity contribution in [2.75, 3.05) is 23.3 Å². The maximum atomic E-state index is 13.3. The Morgan fingerprint density at radius 3 is 2.66 bits per heavy atom. The summed E-state index contributed by atoms with van der Waals surface area (Å²) in [4.78, 5) is 39.0. The van der Waals surface area contributed by atoms with Gasteiger partial charge in [0.25, 0.3) is 0 Å². The van der Waals surface area contributed by atoms with Gasteiger partial charge in [-0.1, -0.05) is 26.0 Å². The number of amides is 3. The fraction of sp³-hybridized carbons (Fsp3) is 0.500. The molecule has 3 amide bonds. The Kier molecular flexibility index (Phi) is 4.94. The van der Waals surface area contributed by atoms with Crippen molar-refractivity contribution in [1.29, 1.82) is 0 Å². The van der Waals surface area contributed by atoms with E-state index in [4.69, 9.17) is 4.74 Å². The van der Waals surface area contributed by atoms with Crippen LogP contribution < -0.4 is 15.5 Å². The van der Waals surface area contributed by atoms with Crippen LogP contribution in [0.4, 0.5) is 11.4 Å². The number of hydrogen-bond donors (Lipinski definition) is 2. The van der Waals surface area contributed by atoms with Gasteiger partial charge in [0.05, 0.1) is 24.5 Å². The Balaban J connectivity index is 1.52. The molecule has 0 aromatic heterocycles. The zero-order chi connectivity index (χ0) is 20.8. The fourth-order valence-corrected chi connectivity index (χ4v) is 4.55. The number of benzene rings is 1. The second-order valence-electron chi connectivity index (χ2n) is 8.53. The summed E-state index contributed by atoms with van der Waals surface area (Å²) in [5.74, 6) is -0.849. The van der Waals surface area contributed by atoms with Crippen LogP contribution in [0.2, 0.25) is 0 Å². The van der Waals surface area contributed by atoms with Crippen molar-refractivity contribution in [3.63, 3.8) is 0 Å². The number of carbonyl (C=O) groups excluding carboxylic acids is 3. The standard InChI is InChI=1S/C22H27N3O4/c1-13(2)9-11-23-20(27)18-17-8-10-22(29-17)12-25(21(28)19(18)22)16-6-4-15(5-7-16)24-14(3)26/h4-8,10,13,17-19H,9,11-12H2,1-3H3,(H,23,27)(H,24,26)/t17-,18-,19-,22-/m1/s1. The van der Waals surface area contributed by atoms with Gasteiger partial charge in [-0.15, -0.1) is 0 Å². The van der Waals surface area contributed by atoms with E-state index in [0.717, 1.165) is 12.1 Å². The molecule has 3 heterocycles. The lowest BCUT2D eigenvalue weighted by Gasteiger charge is -2.23. The Labute approximate surface area is 170 Å². The van der Waals surface area contributed by atoms with Gasteiger partial charge in [-0.3, -0.25) is 14.4 Å². The Bertz CT molecular complexity index is 863. The molecule has 29 heavy (non-hydrogen) atoms. The van der Waals surface area contributed by atoms with Gasteiger partial charge in [0.2, 0.25) is 17.7 Å². The van der Waals surface area contributed by atoms with Crippen LogP contribution >= 0.6 is 0 Å². The number of nitrogens with zero attached hydrogens (tertiary/aromatic N) is 1. The highest BCUT2D eigenvalue weighted by atomic mass is 16.5. The predicted octanol–water partition coefficient (Wildman–Crippen LogP) is 2.09. The van der Waals surface area contributed by atoms with Crippen molar-refractivity contribution in [2.45, 2.75) is 38.9 Å². The fourth-order valence-electron chi connectivity index (χ4n) is 4.55. The molecule has 0 saturated carbocycles. The summed E-state index contributed by atoms with van der Waals surface area (Å²) < 4.78 is 6.15. The van der Waals surface area contributed by atoms with E-state index in [9.17, 15) is 14.4 Å². The molecule has 7 heteroatoms. The lowest BCUT2D eigenvalue weighted by Crippen LogP contribution is -2.44. The predicted molar refractivity (Wildman–Crippen MR) is 109 cm³/mol. The summed E-state index contributed by atoms with van der Waals surface area (Å²) in [5.41, 5.74) is 0.663. The molecule has 2 bridgehead atoms. The van der Waals surface area contributed by atoms with Crippen LogP contribution in [0.1, 0.15) is 27.2 Å². The van der Waals surface area contributed by atoms with Crippen LogP contribution in [0.15, 0.2) is 36.4 Å². The first-order chi connectivity index (χ1) is 13.8. The molecule has 1 aromatic rings. The minimum atomic E-state index is -0.738. The number of rotatable bonds is 6. The lowest BCUT2D eigenvalue weighted by atomic mass is 9.77. The highest BCUT2D eigenvalue weighted by molar-refractivity contribution is 6.03. The molecule has 4 atom stereocenters. The van der Waals surface area contributed by atoms with E-state index in [1.54, 1.807) is 29.2 Å². The van der Waals surface area contributed by atoms with Crippen LogP contribution in [0.25, 0.3) is 0 Å². The van der Waals surface area contributed by atoms with Gasteiger partial charge in [0, 0.05) is 24.8 Å². The third kappa shape index (κ3) is 3.44. The van der Waals surface area contributed by atoms with Crippen LogP contribution in [-0.4, -0.2) is 42.5 Å². The quantitative estimate of drug-likeness (QED) is 0.720. The highest BCUT2D eigenvalue weighted by Gasteiger charge is 2.67. The average molecular weight is 397 g/mol. The maximum absolute atomic E-state index is 13.3. The van der Waals surface area contributed by atoms with E-state index < -0.39 is 17.4 Å². The topological polar surface area (TPSA) is 87.7 Å². The van der Waals surface area contributed by atoms with Crippen molar-refractivity contribution in [2.24, 2.45) is 17.8 Å². The second kappa shape index (κ2) is 7.30. The molecule has 1 spiro atoms. The Morgan fingerprint density at radius 1 is 1.28 bits per heavy atom. The molecule has 3 aliphatic heterocycles.